The number of nitrogens with one attached hydrogen (secondary N) is 1. The van der Waals surface area contributed by atoms with E-state index in [1.807, 2.05) is 6.07 Å². The van der Waals surface area contributed by atoms with Gasteiger partial charge in [-0.1, -0.05) is 19.1 Å². The molecule has 0 bridgehead atoms. The van der Waals surface area contributed by atoms with Gasteiger partial charge in [0.15, 0.2) is 9.84 Å². The lowest BCUT2D eigenvalue weighted by atomic mass is 10.3. The highest BCUT2D eigenvalue weighted by Gasteiger charge is 2.36. The smallest absolute Gasteiger partial charge is 0.177 e. The third-order valence-corrected chi connectivity index (χ3v) is 5.86. The molecule has 1 aliphatic rings. The molecule has 1 aromatic carbocycles. The summed E-state index contributed by atoms with van der Waals surface area (Å²) in [5.41, 5.74) is 1.33. The summed E-state index contributed by atoms with van der Waals surface area (Å²) in [6.07, 6.45) is 5.85. The Morgan fingerprint density at radius 3 is 2.77 bits per heavy atom. The normalized spacial score (nSPS) is 19.5. The van der Waals surface area contributed by atoms with Crippen LogP contribution in [0.1, 0.15) is 30.8 Å². The number of para-hydroxylation sites is 1. The van der Waals surface area contributed by atoms with Gasteiger partial charge in [-0.15, -0.1) is 0 Å². The van der Waals surface area contributed by atoms with Crippen molar-refractivity contribution in [3.63, 3.8) is 0 Å². The quantitative estimate of drug-likeness (QED) is 0.716. The summed E-state index contributed by atoms with van der Waals surface area (Å²) in [7, 11) is -3.33. The Labute approximate surface area is 152 Å². The van der Waals surface area contributed by atoms with Crippen molar-refractivity contribution < 1.29 is 12.8 Å². The molecule has 136 valence electrons. The molecule has 0 saturated heterocycles. The number of benzene rings is 1. The van der Waals surface area contributed by atoms with Crippen LogP contribution in [-0.4, -0.2) is 24.5 Å². The predicted molar refractivity (Wildman–Crippen MR) is 99.2 cm³/mol. The molecule has 1 fully saturated rings. The van der Waals surface area contributed by atoms with Crippen LogP contribution in [0.25, 0.3) is 5.69 Å². The van der Waals surface area contributed by atoms with E-state index in [1.165, 1.54) is 12.7 Å². The van der Waals surface area contributed by atoms with Crippen LogP contribution in [0.2, 0.25) is 0 Å². The SMILES string of the molecule is C[C@H]1C[C@@H]1c1ccc(CNc2cnn(-c3ccccc3S(C)(=O)=O)c2)o1. The maximum atomic E-state index is 12.0. The van der Waals surface area contributed by atoms with Crippen LogP contribution in [0.5, 0.6) is 0 Å². The van der Waals surface area contributed by atoms with E-state index < -0.39 is 9.84 Å². The van der Waals surface area contributed by atoms with E-state index in [9.17, 15) is 8.42 Å². The van der Waals surface area contributed by atoms with Crippen molar-refractivity contribution >= 4 is 15.5 Å². The van der Waals surface area contributed by atoms with Crippen LogP contribution in [0.3, 0.4) is 0 Å². The zero-order chi connectivity index (χ0) is 18.3. The third-order valence-electron chi connectivity index (χ3n) is 4.72. The number of sulfone groups is 1. The fourth-order valence-corrected chi connectivity index (χ4v) is 3.97. The predicted octanol–water partition coefficient (Wildman–Crippen LogP) is 3.60. The van der Waals surface area contributed by atoms with Gasteiger partial charge in [-0.05, 0) is 36.6 Å². The third kappa shape index (κ3) is 3.39. The van der Waals surface area contributed by atoms with E-state index in [-0.39, 0.29) is 4.90 Å². The molecule has 1 aliphatic carbocycles. The topological polar surface area (TPSA) is 77.1 Å². The minimum absolute atomic E-state index is 0.254. The molecule has 0 unspecified atom stereocenters. The van der Waals surface area contributed by atoms with Gasteiger partial charge < -0.3 is 9.73 Å². The average Bonchev–Trinajstić information content (AvgIpc) is 3.04. The second-order valence-electron chi connectivity index (χ2n) is 6.89. The Balaban J connectivity index is 1.48. The average molecular weight is 371 g/mol. The molecule has 1 saturated carbocycles. The molecule has 2 heterocycles. The molecular weight excluding hydrogens is 350 g/mol. The van der Waals surface area contributed by atoms with Gasteiger partial charge in [-0.3, -0.25) is 0 Å². The van der Waals surface area contributed by atoms with Crippen molar-refractivity contribution in [1.29, 1.82) is 0 Å². The highest BCUT2D eigenvalue weighted by molar-refractivity contribution is 7.90. The van der Waals surface area contributed by atoms with Gasteiger partial charge in [0.25, 0.3) is 0 Å². The molecule has 1 N–H and O–H groups in total. The minimum Gasteiger partial charge on any atom is -0.464 e. The van der Waals surface area contributed by atoms with E-state index in [0.29, 0.717) is 18.2 Å². The zero-order valence-electron chi connectivity index (χ0n) is 14.7. The van der Waals surface area contributed by atoms with Crippen molar-refractivity contribution in [3.05, 3.63) is 60.3 Å². The molecule has 0 spiro atoms. The van der Waals surface area contributed by atoms with E-state index in [1.54, 1.807) is 41.3 Å². The van der Waals surface area contributed by atoms with Gasteiger partial charge in [-0.25, -0.2) is 13.1 Å². The summed E-state index contributed by atoms with van der Waals surface area (Å²) >= 11 is 0. The molecular formula is C19H21N3O3S. The first-order valence-electron chi connectivity index (χ1n) is 8.58. The Bertz CT molecular complexity index is 1040. The molecule has 0 amide bonds. The van der Waals surface area contributed by atoms with Gasteiger partial charge in [0.1, 0.15) is 11.5 Å². The molecule has 7 heteroatoms. The molecule has 6 nitrogen and oxygen atoms in total. The van der Waals surface area contributed by atoms with Crippen molar-refractivity contribution in [2.75, 3.05) is 11.6 Å². The van der Waals surface area contributed by atoms with Gasteiger partial charge in [-0.2, -0.15) is 5.10 Å². The monoisotopic (exact) mass is 371 g/mol. The summed E-state index contributed by atoms with van der Waals surface area (Å²) in [4.78, 5) is 0.254. The first-order chi connectivity index (χ1) is 12.4. The number of rotatable bonds is 6. The van der Waals surface area contributed by atoms with Gasteiger partial charge in [0.2, 0.25) is 0 Å². The van der Waals surface area contributed by atoms with E-state index >= 15 is 0 Å². The summed E-state index contributed by atoms with van der Waals surface area (Å²) in [5.74, 6) is 3.23. The zero-order valence-corrected chi connectivity index (χ0v) is 15.5. The molecule has 0 radical (unpaired) electrons. The maximum Gasteiger partial charge on any atom is 0.177 e. The molecule has 0 aliphatic heterocycles. The molecule has 4 rings (SSSR count). The van der Waals surface area contributed by atoms with Crippen LogP contribution >= 0.6 is 0 Å². The van der Waals surface area contributed by atoms with E-state index in [2.05, 4.69) is 23.4 Å². The molecule has 2 aromatic heterocycles. The van der Waals surface area contributed by atoms with Crippen LogP contribution in [-0.2, 0) is 16.4 Å². The van der Waals surface area contributed by atoms with Crippen LogP contribution in [0, 0.1) is 5.92 Å². The number of hydrogen-bond acceptors (Lipinski definition) is 5. The van der Waals surface area contributed by atoms with E-state index in [4.69, 9.17) is 4.42 Å². The van der Waals surface area contributed by atoms with Crippen molar-refractivity contribution in [2.24, 2.45) is 5.92 Å². The first-order valence-corrected chi connectivity index (χ1v) is 10.5. The Hall–Kier alpha value is -2.54. The van der Waals surface area contributed by atoms with Crippen LogP contribution in [0.4, 0.5) is 5.69 Å². The fraction of sp³-hybridized carbons (Fsp3) is 0.316. The van der Waals surface area contributed by atoms with Crippen molar-refractivity contribution in [3.8, 4) is 5.69 Å². The second-order valence-corrected chi connectivity index (χ2v) is 8.87. The summed E-state index contributed by atoms with van der Waals surface area (Å²) in [6.45, 7) is 2.79. The number of furan rings is 1. The van der Waals surface area contributed by atoms with E-state index in [0.717, 1.165) is 23.1 Å². The largest absolute Gasteiger partial charge is 0.464 e. The minimum atomic E-state index is -3.33. The molecule has 3 aromatic rings. The number of hydrogen-bond donors (Lipinski definition) is 1. The highest BCUT2D eigenvalue weighted by atomic mass is 32.2. The van der Waals surface area contributed by atoms with Gasteiger partial charge in [0, 0.05) is 12.2 Å². The van der Waals surface area contributed by atoms with Crippen LogP contribution < -0.4 is 5.32 Å². The lowest BCUT2D eigenvalue weighted by Crippen LogP contribution is -2.05. The van der Waals surface area contributed by atoms with Gasteiger partial charge >= 0.3 is 0 Å². The first kappa shape index (κ1) is 16.9. The molecule has 2 atom stereocenters. The van der Waals surface area contributed by atoms with Crippen molar-refractivity contribution in [1.82, 2.24) is 9.78 Å². The summed E-state index contributed by atoms with van der Waals surface area (Å²) < 4.78 is 31.4. The lowest BCUT2D eigenvalue weighted by molar-refractivity contribution is 0.468. The number of aromatic nitrogens is 2. The maximum absolute atomic E-state index is 12.0. The van der Waals surface area contributed by atoms with Crippen molar-refractivity contribution in [2.45, 2.75) is 30.7 Å². The highest BCUT2D eigenvalue weighted by Crippen LogP contribution is 2.47. The Morgan fingerprint density at radius 2 is 2.04 bits per heavy atom. The number of anilines is 1. The summed E-state index contributed by atoms with van der Waals surface area (Å²) in [6, 6.07) is 10.9. The Kier molecular flexibility index (Phi) is 4.11. The lowest BCUT2D eigenvalue weighted by Gasteiger charge is -2.07. The number of nitrogens with zero attached hydrogens (tertiary/aromatic N) is 2. The fourth-order valence-electron chi connectivity index (χ4n) is 3.10. The van der Waals surface area contributed by atoms with Crippen LogP contribution in [0.15, 0.2) is 58.1 Å². The second kappa shape index (κ2) is 6.32. The molecule has 26 heavy (non-hydrogen) atoms. The summed E-state index contributed by atoms with van der Waals surface area (Å²) in [5, 5.41) is 7.55. The van der Waals surface area contributed by atoms with Gasteiger partial charge in [0.05, 0.1) is 35.2 Å². The Morgan fingerprint density at radius 1 is 1.27 bits per heavy atom. The standard InChI is InChI=1S/C19H21N3O3S/c1-13-9-16(13)18-8-7-15(25-18)11-20-14-10-21-22(12-14)17-5-3-4-6-19(17)26(2,23)24/h3-8,10,12-13,16,20H,9,11H2,1-2H3/t13-,16-/m0/s1.